The first-order valence-electron chi connectivity index (χ1n) is 8.07. The molecular formula is C19H17ClN4O2S. The van der Waals surface area contributed by atoms with Gasteiger partial charge >= 0.3 is 5.97 Å². The van der Waals surface area contributed by atoms with Crippen molar-refractivity contribution in [2.45, 2.75) is 6.54 Å². The SMILES string of the molecule is COC(=O)c1ccccc1Cn1cc(NC(=S)Nc2cccc(Cl)c2)cn1. The Labute approximate surface area is 167 Å². The summed E-state index contributed by atoms with van der Waals surface area (Å²) < 4.78 is 6.54. The topological polar surface area (TPSA) is 68.2 Å². The number of esters is 1. The van der Waals surface area contributed by atoms with Gasteiger partial charge in [-0.2, -0.15) is 5.10 Å². The van der Waals surface area contributed by atoms with Crippen molar-refractivity contribution in [1.82, 2.24) is 9.78 Å². The zero-order valence-corrected chi connectivity index (χ0v) is 16.1. The highest BCUT2D eigenvalue weighted by atomic mass is 35.5. The van der Waals surface area contributed by atoms with Gasteiger partial charge in [0, 0.05) is 16.9 Å². The van der Waals surface area contributed by atoms with Gasteiger partial charge in [0.2, 0.25) is 0 Å². The number of aromatic nitrogens is 2. The van der Waals surface area contributed by atoms with Crippen LogP contribution in [0.15, 0.2) is 60.9 Å². The van der Waals surface area contributed by atoms with Gasteiger partial charge in [-0.05, 0) is 42.0 Å². The normalized spacial score (nSPS) is 10.3. The molecule has 2 aromatic carbocycles. The number of carbonyl (C=O) groups is 1. The molecule has 3 aromatic rings. The van der Waals surface area contributed by atoms with Crippen molar-refractivity contribution in [2.24, 2.45) is 0 Å². The summed E-state index contributed by atoms with van der Waals surface area (Å²) in [6.45, 7) is 0.432. The van der Waals surface area contributed by atoms with Crippen LogP contribution in [0.3, 0.4) is 0 Å². The second-order valence-electron chi connectivity index (χ2n) is 5.66. The van der Waals surface area contributed by atoms with Crippen LogP contribution < -0.4 is 10.6 Å². The third-order valence-electron chi connectivity index (χ3n) is 3.73. The molecular weight excluding hydrogens is 384 g/mol. The van der Waals surface area contributed by atoms with Crippen molar-refractivity contribution in [3.63, 3.8) is 0 Å². The Bertz CT molecular complexity index is 974. The molecule has 0 saturated heterocycles. The lowest BCUT2D eigenvalue weighted by molar-refractivity contribution is 0.0599. The molecule has 0 spiro atoms. The summed E-state index contributed by atoms with van der Waals surface area (Å²) in [6.07, 6.45) is 3.46. The van der Waals surface area contributed by atoms with E-state index in [1.807, 2.05) is 24.3 Å². The van der Waals surface area contributed by atoms with Crippen molar-refractivity contribution >= 4 is 46.3 Å². The number of anilines is 2. The Hall–Kier alpha value is -2.90. The predicted octanol–water partition coefficient (Wildman–Crippen LogP) is 4.18. The van der Waals surface area contributed by atoms with Crippen molar-refractivity contribution in [3.8, 4) is 0 Å². The van der Waals surface area contributed by atoms with Gasteiger partial charge in [-0.1, -0.05) is 35.9 Å². The predicted molar refractivity (Wildman–Crippen MR) is 110 cm³/mol. The summed E-state index contributed by atoms with van der Waals surface area (Å²) in [6, 6.07) is 14.5. The lowest BCUT2D eigenvalue weighted by atomic mass is 10.1. The first-order chi connectivity index (χ1) is 13.0. The highest BCUT2D eigenvalue weighted by molar-refractivity contribution is 7.80. The maximum atomic E-state index is 11.9. The quantitative estimate of drug-likeness (QED) is 0.494. The van der Waals surface area contributed by atoms with Gasteiger partial charge in [0.1, 0.15) is 0 Å². The fraction of sp³-hybridized carbons (Fsp3) is 0.105. The lowest BCUT2D eigenvalue weighted by Gasteiger charge is -2.09. The van der Waals surface area contributed by atoms with E-state index in [0.29, 0.717) is 22.2 Å². The number of methoxy groups -OCH3 is 1. The zero-order valence-electron chi connectivity index (χ0n) is 14.5. The van der Waals surface area contributed by atoms with Crippen LogP contribution in [0.2, 0.25) is 5.02 Å². The standard InChI is InChI=1S/C19H17ClN4O2S/c1-26-18(25)17-8-3-2-5-13(17)11-24-12-16(10-21-24)23-19(27)22-15-7-4-6-14(20)9-15/h2-10,12H,11H2,1H3,(H2,22,23,27). The number of hydrogen-bond donors (Lipinski definition) is 2. The number of ether oxygens (including phenoxy) is 1. The maximum Gasteiger partial charge on any atom is 0.338 e. The molecule has 0 amide bonds. The number of nitrogens with one attached hydrogen (secondary N) is 2. The van der Waals surface area contributed by atoms with Gasteiger partial charge in [-0.3, -0.25) is 4.68 Å². The maximum absolute atomic E-state index is 11.9. The van der Waals surface area contributed by atoms with Crippen LogP contribution in [-0.2, 0) is 11.3 Å². The van der Waals surface area contributed by atoms with Crippen molar-refractivity contribution in [1.29, 1.82) is 0 Å². The minimum atomic E-state index is -0.372. The molecule has 0 bridgehead atoms. The van der Waals surface area contributed by atoms with Crippen molar-refractivity contribution in [2.75, 3.05) is 17.7 Å². The fourth-order valence-electron chi connectivity index (χ4n) is 2.52. The number of benzene rings is 2. The van der Waals surface area contributed by atoms with E-state index in [1.54, 1.807) is 41.3 Å². The minimum Gasteiger partial charge on any atom is -0.465 e. The van der Waals surface area contributed by atoms with E-state index in [2.05, 4.69) is 15.7 Å². The Kier molecular flexibility index (Phi) is 6.05. The third-order valence-corrected chi connectivity index (χ3v) is 4.17. The molecule has 0 radical (unpaired) electrons. The number of thiocarbonyl (C=S) groups is 1. The van der Waals surface area contributed by atoms with E-state index in [4.69, 9.17) is 28.6 Å². The lowest BCUT2D eigenvalue weighted by Crippen LogP contribution is -2.18. The Balaban J connectivity index is 1.65. The second-order valence-corrected chi connectivity index (χ2v) is 6.51. The number of hydrogen-bond acceptors (Lipinski definition) is 4. The second kappa shape index (κ2) is 8.66. The molecule has 8 heteroatoms. The van der Waals surface area contributed by atoms with Crippen LogP contribution in [0.4, 0.5) is 11.4 Å². The molecule has 0 aliphatic rings. The zero-order chi connectivity index (χ0) is 19.2. The molecule has 3 rings (SSSR count). The average Bonchev–Trinajstić information content (AvgIpc) is 3.08. The van der Waals surface area contributed by atoms with Gasteiger partial charge < -0.3 is 15.4 Å². The van der Waals surface area contributed by atoms with E-state index in [9.17, 15) is 4.79 Å². The van der Waals surface area contributed by atoms with Gasteiger partial charge in [0.25, 0.3) is 0 Å². The summed E-state index contributed by atoms with van der Waals surface area (Å²) >= 11 is 11.3. The summed E-state index contributed by atoms with van der Waals surface area (Å²) in [7, 11) is 1.36. The number of halogens is 1. The molecule has 0 saturated carbocycles. The van der Waals surface area contributed by atoms with E-state index >= 15 is 0 Å². The van der Waals surface area contributed by atoms with E-state index in [-0.39, 0.29) is 5.97 Å². The van der Waals surface area contributed by atoms with Gasteiger partial charge in [-0.25, -0.2) is 4.79 Å². The van der Waals surface area contributed by atoms with E-state index in [1.165, 1.54) is 7.11 Å². The van der Waals surface area contributed by atoms with E-state index in [0.717, 1.165) is 16.9 Å². The van der Waals surface area contributed by atoms with Gasteiger partial charge in [0.15, 0.2) is 5.11 Å². The Morgan fingerprint density at radius 1 is 1.19 bits per heavy atom. The molecule has 138 valence electrons. The molecule has 1 aromatic heterocycles. The average molecular weight is 401 g/mol. The fourth-order valence-corrected chi connectivity index (χ4v) is 2.94. The molecule has 0 aliphatic heterocycles. The Morgan fingerprint density at radius 3 is 2.74 bits per heavy atom. The molecule has 27 heavy (non-hydrogen) atoms. The number of carbonyl (C=O) groups excluding carboxylic acids is 1. The number of rotatable bonds is 5. The smallest absolute Gasteiger partial charge is 0.338 e. The van der Waals surface area contributed by atoms with Crippen LogP contribution in [0.25, 0.3) is 0 Å². The van der Waals surface area contributed by atoms with Crippen LogP contribution in [0.5, 0.6) is 0 Å². The summed E-state index contributed by atoms with van der Waals surface area (Å²) in [4.78, 5) is 11.9. The molecule has 0 aliphatic carbocycles. The first kappa shape index (κ1) is 18.9. The van der Waals surface area contributed by atoms with Gasteiger partial charge in [0.05, 0.1) is 31.1 Å². The highest BCUT2D eigenvalue weighted by Gasteiger charge is 2.12. The molecule has 0 atom stereocenters. The molecule has 2 N–H and O–H groups in total. The van der Waals surface area contributed by atoms with Crippen molar-refractivity contribution in [3.05, 3.63) is 77.1 Å². The van der Waals surface area contributed by atoms with Gasteiger partial charge in [-0.15, -0.1) is 0 Å². The third kappa shape index (κ3) is 5.06. The molecule has 0 unspecified atom stereocenters. The molecule has 1 heterocycles. The highest BCUT2D eigenvalue weighted by Crippen LogP contribution is 2.16. The van der Waals surface area contributed by atoms with Crippen LogP contribution in [0.1, 0.15) is 15.9 Å². The summed E-state index contributed by atoms with van der Waals surface area (Å²) in [5, 5.41) is 11.5. The minimum absolute atomic E-state index is 0.372. The summed E-state index contributed by atoms with van der Waals surface area (Å²) in [5.41, 5.74) is 2.85. The van der Waals surface area contributed by atoms with Crippen LogP contribution in [-0.4, -0.2) is 28.0 Å². The number of nitrogens with zero attached hydrogens (tertiary/aromatic N) is 2. The van der Waals surface area contributed by atoms with Crippen LogP contribution >= 0.6 is 23.8 Å². The molecule has 0 fully saturated rings. The molecule has 6 nitrogen and oxygen atoms in total. The van der Waals surface area contributed by atoms with Crippen LogP contribution in [0, 0.1) is 0 Å². The van der Waals surface area contributed by atoms with E-state index < -0.39 is 0 Å². The monoisotopic (exact) mass is 400 g/mol. The Morgan fingerprint density at radius 2 is 1.96 bits per heavy atom. The van der Waals surface area contributed by atoms with Crippen molar-refractivity contribution < 1.29 is 9.53 Å². The summed E-state index contributed by atoms with van der Waals surface area (Å²) in [5.74, 6) is -0.372. The first-order valence-corrected chi connectivity index (χ1v) is 8.86. The largest absolute Gasteiger partial charge is 0.465 e.